The number of fused-ring (bicyclic) bond motifs is 4. The maximum atomic E-state index is 8.55. The number of allylic oxidation sites excluding steroid dienone is 3. The van der Waals surface area contributed by atoms with Gasteiger partial charge in [-0.2, -0.15) is 15.3 Å². The van der Waals surface area contributed by atoms with Crippen molar-refractivity contribution >= 4 is 124 Å². The van der Waals surface area contributed by atoms with Gasteiger partial charge in [-0.3, -0.25) is 0 Å². The molecule has 0 unspecified atom stereocenters. The first-order chi connectivity index (χ1) is 48.8. The van der Waals surface area contributed by atoms with Crippen LogP contribution in [0.5, 0.6) is 0 Å². The number of hydrogen-bond acceptors (Lipinski definition) is 28. The third kappa shape index (κ3) is 20.8. The molecule has 10 aromatic rings. The summed E-state index contributed by atoms with van der Waals surface area (Å²) in [6.07, 6.45) is 7.74. The number of aromatic nitrogens is 16. The third-order valence-corrected chi connectivity index (χ3v) is 17.4. The molecule has 1 radical (unpaired) electrons. The van der Waals surface area contributed by atoms with Crippen molar-refractivity contribution in [1.29, 1.82) is 0 Å². The second-order valence-corrected chi connectivity index (χ2v) is 26.2. The molecule has 104 heavy (non-hydrogen) atoms. The average Bonchev–Trinajstić information content (AvgIpc) is 1.58. The van der Waals surface area contributed by atoms with E-state index in [1.165, 1.54) is 12.4 Å². The van der Waals surface area contributed by atoms with Gasteiger partial charge >= 0.3 is 39.0 Å². The number of aryl methyl sites for hydroxylation is 3. The van der Waals surface area contributed by atoms with Crippen LogP contribution in [0.25, 0.3) is 44.6 Å². The molecule has 553 valence electrons. The van der Waals surface area contributed by atoms with Crippen LogP contribution in [-0.2, 0) is 28.3 Å². The molecule has 5 aliphatic heterocycles. The molecule has 0 spiro atoms. The van der Waals surface area contributed by atoms with Crippen LogP contribution in [0.1, 0.15) is 92.2 Å². The molecule has 0 bridgehead atoms. The first-order valence-corrected chi connectivity index (χ1v) is 34.3. The molecule has 5 saturated heterocycles. The fourth-order valence-electron chi connectivity index (χ4n) is 10.9. The van der Waals surface area contributed by atoms with E-state index in [2.05, 4.69) is 147 Å². The van der Waals surface area contributed by atoms with Crippen molar-refractivity contribution in [2.75, 3.05) is 136 Å². The van der Waals surface area contributed by atoms with Crippen LogP contribution in [0, 0.1) is 20.8 Å². The van der Waals surface area contributed by atoms with Gasteiger partial charge in [0.1, 0.15) is 44.1 Å². The van der Waals surface area contributed by atoms with Gasteiger partial charge in [0.15, 0.2) is 29.1 Å². The molecule has 31 nitrogen and oxygen atoms in total. The Kier molecular flexibility index (Phi) is 29.9. The predicted molar refractivity (Wildman–Crippen MR) is 419 cm³/mol. The maximum absolute atomic E-state index is 8.55. The molecule has 15 rings (SSSR count). The Labute approximate surface area is 623 Å². The van der Waals surface area contributed by atoms with E-state index >= 15 is 0 Å². The van der Waals surface area contributed by atoms with Gasteiger partial charge in [0.05, 0.1) is 81.0 Å². The quantitative estimate of drug-likeness (QED) is 0.0692. The van der Waals surface area contributed by atoms with Gasteiger partial charge in [-0.15, -0.1) is 11.7 Å². The Hall–Kier alpha value is -8.84. The van der Waals surface area contributed by atoms with E-state index in [-0.39, 0.29) is 50.5 Å². The van der Waals surface area contributed by atoms with Crippen LogP contribution in [0.3, 0.4) is 0 Å². The molecular formula is C68H96B3BrN23O8S. The Morgan fingerprint density at radius 3 is 1.30 bits per heavy atom. The van der Waals surface area contributed by atoms with E-state index < -0.39 is 7.12 Å². The molecule has 6 N–H and O–H groups in total. The fourth-order valence-corrected chi connectivity index (χ4v) is 11.3. The third-order valence-electron chi connectivity index (χ3n) is 16.8. The van der Waals surface area contributed by atoms with Crippen LogP contribution in [-0.4, -0.2) is 227 Å². The summed E-state index contributed by atoms with van der Waals surface area (Å²) in [4.78, 5) is 42.7. The molecule has 5 fully saturated rings. The van der Waals surface area contributed by atoms with Crippen LogP contribution in [0.4, 0.5) is 35.2 Å². The number of ether oxygens (including phenoxy) is 4. The molecule has 0 amide bonds. The number of halogens is 1. The summed E-state index contributed by atoms with van der Waals surface area (Å²) in [5.74, 6) is 7.10. The van der Waals surface area contributed by atoms with Gasteiger partial charge in [0, 0.05) is 88.8 Å². The fraction of sp³-hybridized carbons (Fsp3) is 0.441. The number of thiol groups is 1. The van der Waals surface area contributed by atoms with Crippen molar-refractivity contribution in [1.82, 2.24) is 78.3 Å². The average molecular weight is 1510 g/mol. The van der Waals surface area contributed by atoms with Gasteiger partial charge in [0.2, 0.25) is 11.9 Å². The normalized spacial score (nSPS) is 15.8. The molecule has 10 aromatic heterocycles. The van der Waals surface area contributed by atoms with Crippen molar-refractivity contribution in [2.24, 2.45) is 4.30 Å². The van der Waals surface area contributed by atoms with Crippen LogP contribution < -0.4 is 36.5 Å². The summed E-state index contributed by atoms with van der Waals surface area (Å²) in [7, 11) is 2.57. The van der Waals surface area contributed by atoms with Crippen molar-refractivity contribution in [3.05, 3.63) is 138 Å². The minimum absolute atomic E-state index is 0. The molecule has 36 heteroatoms. The summed E-state index contributed by atoms with van der Waals surface area (Å²) in [5, 5.41) is 35.0. The molecule has 0 aromatic carbocycles. The van der Waals surface area contributed by atoms with Gasteiger partial charge < -0.3 is 69.4 Å². The molecule has 0 saturated carbocycles. The molecule has 0 atom stereocenters. The number of nitrogens with zero attached hydrogens (tertiary/aromatic N) is 21. The van der Waals surface area contributed by atoms with Crippen LogP contribution in [0.2, 0.25) is 0 Å². The number of hydrogen-bond donors (Lipinski definition) is 5. The minimum atomic E-state index is -1.53. The number of nitrogens with two attached hydrogens (primary N) is 2. The zero-order chi connectivity index (χ0) is 73.4. The van der Waals surface area contributed by atoms with Crippen molar-refractivity contribution in [3.8, 4) is 11.4 Å². The molecular weight excluding hydrogens is 1410 g/mol. The Morgan fingerprint density at radius 2 is 0.904 bits per heavy atom. The van der Waals surface area contributed by atoms with E-state index in [4.69, 9.17) is 54.8 Å². The number of anilines is 6. The monoisotopic (exact) mass is 1510 g/mol. The van der Waals surface area contributed by atoms with Crippen LogP contribution in [0.15, 0.2) is 114 Å². The molecule has 5 aliphatic rings. The zero-order valence-electron chi connectivity index (χ0n) is 59.4. The first-order valence-electron chi connectivity index (χ1n) is 33.1. The predicted octanol–water partition coefficient (Wildman–Crippen LogP) is 7.44. The Bertz CT molecular complexity index is 4470. The van der Waals surface area contributed by atoms with Crippen molar-refractivity contribution < 1.29 is 38.3 Å². The van der Waals surface area contributed by atoms with E-state index in [0.717, 1.165) is 187 Å². The van der Waals surface area contributed by atoms with E-state index in [0.29, 0.717) is 24.6 Å². The molecule has 15 heterocycles. The van der Waals surface area contributed by atoms with Crippen molar-refractivity contribution in [2.45, 2.75) is 95.3 Å². The van der Waals surface area contributed by atoms with Crippen LogP contribution >= 0.6 is 28.7 Å². The molecule has 0 aliphatic carbocycles. The van der Waals surface area contributed by atoms with Gasteiger partial charge in [-0.1, -0.05) is 33.5 Å². The van der Waals surface area contributed by atoms with E-state index in [1.807, 2.05) is 130 Å². The summed E-state index contributed by atoms with van der Waals surface area (Å²) >= 11 is 6.68. The number of nitrogen functional groups attached to an aromatic ring is 2. The summed E-state index contributed by atoms with van der Waals surface area (Å²) in [5.41, 5.74) is 20.1. The number of morpholine rings is 4. The zero-order valence-corrected chi connectivity index (χ0v) is 61.9. The Balaban J connectivity index is 0.000000176. The Morgan fingerprint density at radius 1 is 0.548 bits per heavy atom. The van der Waals surface area contributed by atoms with E-state index in [9.17, 15) is 0 Å². The summed E-state index contributed by atoms with van der Waals surface area (Å²) in [6, 6.07) is 16.2. The number of rotatable bonds is 9. The SMILES string of the molecule is C.C.C=C(C)B1OC(C)(C)C(C)(C)O1.C=C(C)c1ccc2c(N3CCOCC3)nc(-c3cnc(N)nc3)nn12.C=C(C)c1ccc2c(N3CCOCC3)nc(C)nn12.Cc1nc(N2CCOCC2)c2ccc(Br)n2n1.Cc1nc(N2CCOCC2)c2cccn2n1.Nc1ncc(B(O)O)cn1.[B]=NS. The first kappa shape index (κ1) is 82.5. The van der Waals surface area contributed by atoms with Gasteiger partial charge in [0.25, 0.3) is 0 Å². The van der Waals surface area contributed by atoms with E-state index in [1.54, 1.807) is 12.4 Å². The topological polar surface area (TPSA) is 346 Å². The van der Waals surface area contributed by atoms with Crippen molar-refractivity contribution in [3.63, 3.8) is 0 Å². The second-order valence-electron chi connectivity index (χ2n) is 25.1. The second kappa shape index (κ2) is 37.7. The van der Waals surface area contributed by atoms with Gasteiger partial charge in [-0.05, 0) is 145 Å². The standard InChI is InChI=1S/C17H19N7O.C14H18N4O.C11H13BrN4O.C11H14N4O.C9H17BO2.C4H6BN3O2.2CH4.BHNS/c1-11(2)13-3-4-14-16(23-5-7-25-8-6-23)21-15(22-24(13)14)12-9-19-17(18)20-10-12;1-10(2)12-4-5-13-14(15-11(3)16-18(12)13)17-6-8-19-9-7-17;1-8-13-11(15-4-6-17-7-5-15)9-2-3-10(12)16(9)14-8;1-9-12-11(14-5-7-16-8-6-14)10-3-2-4-15(10)13-9;1-7(2)10-11-8(3,4)9(5,6)12-10;6-4-7-1-3(2-8-4)5(9)10;;;1-2-3/h3-4,9-10H,1,5-8H2,2H3,(H2,18,19,20);4-5H,1,6-9H2,2-3H3;2-3H,4-7H2,1H3;2-4H,5-8H2,1H3;1H2,2-6H3;1-2,9-10H,(H2,6,7,8);2*1H4;3H. The summed E-state index contributed by atoms with van der Waals surface area (Å²) in [6.45, 7) is 44.5. The summed E-state index contributed by atoms with van der Waals surface area (Å²) < 4.78 is 44.2. The van der Waals surface area contributed by atoms with Gasteiger partial charge in [-0.25, -0.2) is 57.9 Å².